The van der Waals surface area contributed by atoms with E-state index in [4.69, 9.17) is 4.74 Å². The van der Waals surface area contributed by atoms with Crippen LogP contribution in [0.15, 0.2) is 0 Å². The van der Waals surface area contributed by atoms with E-state index < -0.39 is 10.0 Å². The van der Waals surface area contributed by atoms with Gasteiger partial charge in [-0.1, -0.05) is 0 Å². The van der Waals surface area contributed by atoms with Crippen molar-refractivity contribution in [1.29, 1.82) is 0 Å². The van der Waals surface area contributed by atoms with Gasteiger partial charge in [-0.15, -0.1) is 0 Å². The van der Waals surface area contributed by atoms with E-state index >= 15 is 0 Å². The fraction of sp³-hybridized carbons (Fsp3) is 1.00. The third-order valence-electron chi connectivity index (χ3n) is 2.39. The molecular weight excluding hydrogens is 216 g/mol. The maximum absolute atomic E-state index is 11.8. The van der Waals surface area contributed by atoms with Crippen LogP contribution < -0.4 is 10.0 Å². The van der Waals surface area contributed by atoms with Gasteiger partial charge in [0, 0.05) is 19.2 Å². The zero-order valence-corrected chi connectivity index (χ0v) is 10.1. The Hall–Kier alpha value is -0.170. The Balaban J connectivity index is 2.41. The average molecular weight is 236 g/mol. The van der Waals surface area contributed by atoms with Gasteiger partial charge < -0.3 is 10.1 Å². The lowest BCUT2D eigenvalue weighted by atomic mass is 10.4. The van der Waals surface area contributed by atoms with E-state index in [1.54, 1.807) is 0 Å². The molecule has 1 rings (SSSR count). The van der Waals surface area contributed by atoms with Gasteiger partial charge in [0.15, 0.2) is 0 Å². The Labute approximate surface area is 91.6 Å². The van der Waals surface area contributed by atoms with Crippen molar-refractivity contribution >= 4 is 10.0 Å². The van der Waals surface area contributed by atoms with Crippen molar-refractivity contribution in [2.24, 2.45) is 0 Å². The molecule has 2 unspecified atom stereocenters. The summed E-state index contributed by atoms with van der Waals surface area (Å²) in [5, 5.41) is 2.75. The zero-order valence-electron chi connectivity index (χ0n) is 9.32. The first-order valence-corrected chi connectivity index (χ1v) is 6.90. The molecule has 0 aromatic heterocycles. The maximum Gasteiger partial charge on any atom is 0.216 e. The molecule has 2 atom stereocenters. The van der Waals surface area contributed by atoms with Crippen molar-refractivity contribution in [3.05, 3.63) is 0 Å². The summed E-state index contributed by atoms with van der Waals surface area (Å²) in [6.07, 6.45) is 0.691. The quantitative estimate of drug-likeness (QED) is 0.664. The minimum atomic E-state index is -3.18. The van der Waals surface area contributed by atoms with Gasteiger partial charge in [0.05, 0.1) is 11.9 Å². The van der Waals surface area contributed by atoms with Crippen LogP contribution in [0.1, 0.15) is 20.3 Å². The molecule has 0 aromatic carbocycles. The van der Waals surface area contributed by atoms with Crippen molar-refractivity contribution in [2.75, 3.05) is 26.3 Å². The lowest BCUT2D eigenvalue weighted by Crippen LogP contribution is -2.42. The molecule has 5 nitrogen and oxygen atoms in total. The highest BCUT2D eigenvalue weighted by atomic mass is 32.2. The summed E-state index contributed by atoms with van der Waals surface area (Å²) in [5.41, 5.74) is 0. The number of rotatable bonds is 6. The topological polar surface area (TPSA) is 67.4 Å². The first kappa shape index (κ1) is 12.9. The number of ether oxygens (including phenoxy) is 1. The molecule has 1 aliphatic heterocycles. The Kier molecular flexibility index (Phi) is 4.98. The summed E-state index contributed by atoms with van der Waals surface area (Å²) in [4.78, 5) is 0. The lowest BCUT2D eigenvalue weighted by Gasteiger charge is -2.17. The molecule has 0 bridgehead atoms. The normalized spacial score (nSPS) is 24.3. The molecule has 6 heteroatoms. The number of sulfonamides is 1. The van der Waals surface area contributed by atoms with Gasteiger partial charge in [0.1, 0.15) is 0 Å². The van der Waals surface area contributed by atoms with Crippen LogP contribution in [0.5, 0.6) is 0 Å². The molecule has 1 heterocycles. The minimum absolute atomic E-state index is 0.157. The van der Waals surface area contributed by atoms with E-state index in [1.807, 2.05) is 13.8 Å². The molecule has 0 radical (unpaired) electrons. The van der Waals surface area contributed by atoms with E-state index in [0.29, 0.717) is 26.2 Å². The van der Waals surface area contributed by atoms with Gasteiger partial charge in [0.2, 0.25) is 10.0 Å². The summed E-state index contributed by atoms with van der Waals surface area (Å²) in [6, 6.07) is -0.157. The molecule has 0 saturated carbocycles. The second-order valence-electron chi connectivity index (χ2n) is 3.84. The van der Waals surface area contributed by atoms with Crippen molar-refractivity contribution < 1.29 is 13.2 Å². The van der Waals surface area contributed by atoms with Crippen LogP contribution in [0.3, 0.4) is 0 Å². The largest absolute Gasteiger partial charge is 0.380 e. The van der Waals surface area contributed by atoms with Crippen molar-refractivity contribution in [3.63, 3.8) is 0 Å². The van der Waals surface area contributed by atoms with E-state index in [2.05, 4.69) is 10.0 Å². The van der Waals surface area contributed by atoms with E-state index in [-0.39, 0.29) is 11.3 Å². The highest BCUT2D eigenvalue weighted by molar-refractivity contribution is 7.90. The monoisotopic (exact) mass is 236 g/mol. The molecule has 0 amide bonds. The summed E-state index contributed by atoms with van der Waals surface area (Å²) in [5.74, 6) is 0. The minimum Gasteiger partial charge on any atom is -0.380 e. The fourth-order valence-electron chi connectivity index (χ4n) is 1.60. The first-order chi connectivity index (χ1) is 7.06. The van der Waals surface area contributed by atoms with Crippen LogP contribution in [0.25, 0.3) is 0 Å². The molecule has 1 aliphatic rings. The average Bonchev–Trinajstić information content (AvgIpc) is 2.67. The van der Waals surface area contributed by atoms with Crippen LogP contribution in [-0.4, -0.2) is 46.0 Å². The Morgan fingerprint density at radius 1 is 1.60 bits per heavy atom. The van der Waals surface area contributed by atoms with Gasteiger partial charge in [-0.2, -0.15) is 0 Å². The Morgan fingerprint density at radius 3 is 2.87 bits per heavy atom. The summed E-state index contributed by atoms with van der Waals surface area (Å²) < 4.78 is 31.4. The molecule has 0 spiro atoms. The molecule has 2 N–H and O–H groups in total. The second-order valence-corrected chi connectivity index (χ2v) is 5.83. The highest BCUT2D eigenvalue weighted by Gasteiger charge is 2.29. The lowest BCUT2D eigenvalue weighted by molar-refractivity contribution is 0.133. The summed E-state index contributed by atoms with van der Waals surface area (Å²) >= 11 is 0. The maximum atomic E-state index is 11.8. The molecule has 1 fully saturated rings. The molecule has 1 saturated heterocycles. The van der Waals surface area contributed by atoms with Gasteiger partial charge in [-0.25, -0.2) is 13.1 Å². The Morgan fingerprint density at radius 2 is 2.33 bits per heavy atom. The van der Waals surface area contributed by atoms with Gasteiger partial charge in [-0.3, -0.25) is 0 Å². The second kappa shape index (κ2) is 5.79. The standard InChI is InChI=1S/C9H20N2O3S/c1-3-14-7-8(2)11-15(12,13)9-4-5-10-6-9/h8-11H,3-7H2,1-2H3. The van der Waals surface area contributed by atoms with Crippen molar-refractivity contribution in [1.82, 2.24) is 10.0 Å². The molecule has 15 heavy (non-hydrogen) atoms. The SMILES string of the molecule is CCOCC(C)NS(=O)(=O)C1CCNC1. The van der Waals surface area contributed by atoms with E-state index in [0.717, 1.165) is 6.54 Å². The number of hydrogen-bond acceptors (Lipinski definition) is 4. The third kappa shape index (κ3) is 4.06. The van der Waals surface area contributed by atoms with Gasteiger partial charge in [-0.05, 0) is 26.8 Å². The number of hydrogen-bond donors (Lipinski definition) is 2. The van der Waals surface area contributed by atoms with Crippen LogP contribution in [0.4, 0.5) is 0 Å². The molecular formula is C9H20N2O3S. The zero-order chi connectivity index (χ0) is 11.3. The Bertz CT molecular complexity index is 273. The summed E-state index contributed by atoms with van der Waals surface area (Å²) in [7, 11) is -3.18. The first-order valence-electron chi connectivity index (χ1n) is 5.36. The predicted molar refractivity (Wildman–Crippen MR) is 59.3 cm³/mol. The smallest absolute Gasteiger partial charge is 0.216 e. The fourth-order valence-corrected chi connectivity index (χ4v) is 3.19. The summed E-state index contributed by atoms with van der Waals surface area (Å²) in [6.45, 7) is 6.08. The van der Waals surface area contributed by atoms with Crippen LogP contribution in [0, 0.1) is 0 Å². The van der Waals surface area contributed by atoms with Crippen LogP contribution >= 0.6 is 0 Å². The predicted octanol–water partition coefficient (Wildman–Crippen LogP) is -0.307. The van der Waals surface area contributed by atoms with Crippen molar-refractivity contribution in [2.45, 2.75) is 31.6 Å². The van der Waals surface area contributed by atoms with Crippen molar-refractivity contribution in [3.8, 4) is 0 Å². The number of nitrogens with one attached hydrogen (secondary N) is 2. The molecule has 0 aliphatic carbocycles. The van der Waals surface area contributed by atoms with E-state index in [9.17, 15) is 8.42 Å². The highest BCUT2D eigenvalue weighted by Crippen LogP contribution is 2.08. The molecule has 90 valence electrons. The van der Waals surface area contributed by atoms with Crippen LogP contribution in [-0.2, 0) is 14.8 Å². The van der Waals surface area contributed by atoms with Crippen LogP contribution in [0.2, 0.25) is 0 Å². The van der Waals surface area contributed by atoms with Gasteiger partial charge in [0.25, 0.3) is 0 Å². The molecule has 0 aromatic rings. The van der Waals surface area contributed by atoms with E-state index in [1.165, 1.54) is 0 Å². The third-order valence-corrected chi connectivity index (χ3v) is 4.40. The van der Waals surface area contributed by atoms with Gasteiger partial charge >= 0.3 is 0 Å².